The molecule has 1 aliphatic rings. The van der Waals surface area contributed by atoms with Crippen LogP contribution in [0.5, 0.6) is 5.75 Å². The first kappa shape index (κ1) is 18.5. The third-order valence-electron chi connectivity index (χ3n) is 3.78. The first-order valence-corrected chi connectivity index (χ1v) is 8.36. The Morgan fingerprint density at radius 1 is 1.13 bits per heavy atom. The summed E-state index contributed by atoms with van der Waals surface area (Å²) in [7, 11) is 0. The zero-order valence-electron chi connectivity index (χ0n) is 13.5. The third kappa shape index (κ3) is 5.36. The Morgan fingerprint density at radius 3 is 2.26 bits per heavy atom. The highest BCUT2D eigenvalue weighted by molar-refractivity contribution is 9.10. The van der Waals surface area contributed by atoms with E-state index in [0.717, 1.165) is 31.7 Å². The molecule has 1 atom stereocenters. The van der Waals surface area contributed by atoms with Crippen LogP contribution in [-0.4, -0.2) is 37.4 Å². The van der Waals surface area contributed by atoms with Gasteiger partial charge in [-0.05, 0) is 29.2 Å². The second-order valence-corrected chi connectivity index (χ2v) is 7.74. The minimum atomic E-state index is -4.69. The Morgan fingerprint density at radius 2 is 1.74 bits per heavy atom. The van der Waals surface area contributed by atoms with Gasteiger partial charge in [-0.3, -0.25) is 4.90 Å². The van der Waals surface area contributed by atoms with Crippen LogP contribution < -0.4 is 10.1 Å². The van der Waals surface area contributed by atoms with E-state index in [1.165, 1.54) is 12.1 Å². The lowest BCUT2D eigenvalue weighted by molar-refractivity contribution is -0.274. The molecule has 1 heterocycles. The standard InChI is InChI=1S/C16H22BrF3N2O/c1-15(2,3)14(22-6-4-21-5-7-22)11-8-12(17)10-13(9-11)23-16(18,19)20/h8-10,14,21H,4-7H2,1-3H3/t14-/m0/s1. The molecular formula is C16H22BrF3N2O. The largest absolute Gasteiger partial charge is 0.573 e. The van der Waals surface area contributed by atoms with Crippen LogP contribution in [-0.2, 0) is 0 Å². The molecule has 1 aliphatic heterocycles. The van der Waals surface area contributed by atoms with Gasteiger partial charge in [0.1, 0.15) is 5.75 Å². The number of hydrogen-bond acceptors (Lipinski definition) is 3. The highest BCUT2D eigenvalue weighted by atomic mass is 79.9. The second-order valence-electron chi connectivity index (χ2n) is 6.82. The number of nitrogens with one attached hydrogen (secondary N) is 1. The lowest BCUT2D eigenvalue weighted by atomic mass is 9.81. The van der Waals surface area contributed by atoms with Gasteiger partial charge in [-0.2, -0.15) is 0 Å². The monoisotopic (exact) mass is 394 g/mol. The number of hydrogen-bond donors (Lipinski definition) is 1. The molecule has 1 aromatic rings. The van der Waals surface area contributed by atoms with Crippen molar-refractivity contribution >= 4 is 15.9 Å². The fourth-order valence-electron chi connectivity index (χ4n) is 3.13. The number of halogens is 4. The topological polar surface area (TPSA) is 24.5 Å². The van der Waals surface area contributed by atoms with Gasteiger partial charge in [-0.25, -0.2) is 0 Å². The van der Waals surface area contributed by atoms with Gasteiger partial charge in [0.2, 0.25) is 0 Å². The van der Waals surface area contributed by atoms with E-state index < -0.39 is 6.36 Å². The Bertz CT molecular complexity index is 537. The van der Waals surface area contributed by atoms with Crippen LogP contribution in [0.15, 0.2) is 22.7 Å². The summed E-state index contributed by atoms with van der Waals surface area (Å²) >= 11 is 3.30. The number of benzene rings is 1. The summed E-state index contributed by atoms with van der Waals surface area (Å²) in [5.74, 6) is -0.189. The first-order valence-electron chi connectivity index (χ1n) is 7.57. The Kier molecular flexibility index (Phi) is 5.63. The predicted molar refractivity (Wildman–Crippen MR) is 87.5 cm³/mol. The van der Waals surface area contributed by atoms with Gasteiger partial charge in [0.05, 0.1) is 0 Å². The van der Waals surface area contributed by atoms with E-state index in [4.69, 9.17) is 0 Å². The van der Waals surface area contributed by atoms with Crippen LogP contribution in [0, 0.1) is 5.41 Å². The van der Waals surface area contributed by atoms with E-state index >= 15 is 0 Å². The quantitative estimate of drug-likeness (QED) is 0.824. The summed E-state index contributed by atoms with van der Waals surface area (Å²) in [5, 5.41) is 3.30. The number of alkyl halides is 3. The molecule has 0 aliphatic carbocycles. The van der Waals surface area contributed by atoms with Crippen molar-refractivity contribution in [3.05, 3.63) is 28.2 Å². The molecular weight excluding hydrogens is 373 g/mol. The molecule has 1 aromatic carbocycles. The lowest BCUT2D eigenvalue weighted by Gasteiger charge is -2.42. The number of piperazine rings is 1. The van der Waals surface area contributed by atoms with E-state index in [9.17, 15) is 13.2 Å². The van der Waals surface area contributed by atoms with E-state index in [1.54, 1.807) is 0 Å². The minimum Gasteiger partial charge on any atom is -0.406 e. The first-order chi connectivity index (χ1) is 10.6. The van der Waals surface area contributed by atoms with Crippen LogP contribution in [0.2, 0.25) is 0 Å². The summed E-state index contributed by atoms with van der Waals surface area (Å²) in [4.78, 5) is 2.32. The van der Waals surface area contributed by atoms with Gasteiger partial charge in [0, 0.05) is 36.7 Å². The Labute approximate surface area is 143 Å². The van der Waals surface area contributed by atoms with Crippen LogP contribution in [0.4, 0.5) is 13.2 Å². The molecule has 130 valence electrons. The van der Waals surface area contributed by atoms with Crippen LogP contribution >= 0.6 is 15.9 Å². The smallest absolute Gasteiger partial charge is 0.406 e. The maximum atomic E-state index is 12.5. The van der Waals surface area contributed by atoms with Gasteiger partial charge in [0.25, 0.3) is 0 Å². The molecule has 0 spiro atoms. The second kappa shape index (κ2) is 6.99. The molecule has 1 fully saturated rings. The Hall–Kier alpha value is -0.790. The summed E-state index contributed by atoms with van der Waals surface area (Å²) in [6, 6.07) is 4.73. The van der Waals surface area contributed by atoms with Crippen molar-refractivity contribution in [3.63, 3.8) is 0 Å². The molecule has 0 aromatic heterocycles. The van der Waals surface area contributed by atoms with E-state index in [1.807, 2.05) is 6.07 Å². The molecule has 7 heteroatoms. The predicted octanol–water partition coefficient (Wildman–Crippen LogP) is 4.34. The van der Waals surface area contributed by atoms with Crippen molar-refractivity contribution in [2.24, 2.45) is 5.41 Å². The Balaban J connectivity index is 2.38. The van der Waals surface area contributed by atoms with Gasteiger partial charge < -0.3 is 10.1 Å². The molecule has 0 unspecified atom stereocenters. The van der Waals surface area contributed by atoms with Crippen molar-refractivity contribution in [1.29, 1.82) is 0 Å². The third-order valence-corrected chi connectivity index (χ3v) is 4.24. The SMILES string of the molecule is CC(C)(C)[C@H](c1cc(Br)cc(OC(F)(F)F)c1)N1CCNCC1. The van der Waals surface area contributed by atoms with Crippen LogP contribution in [0.3, 0.4) is 0 Å². The van der Waals surface area contributed by atoms with Crippen LogP contribution in [0.1, 0.15) is 32.4 Å². The molecule has 0 amide bonds. The summed E-state index contributed by atoms with van der Waals surface area (Å²) in [6.45, 7) is 9.80. The van der Waals surface area contributed by atoms with Crippen molar-refractivity contribution < 1.29 is 17.9 Å². The molecule has 0 saturated carbocycles. The van der Waals surface area contributed by atoms with Gasteiger partial charge >= 0.3 is 6.36 Å². The number of ether oxygens (including phenoxy) is 1. The normalized spacial score (nSPS) is 18.7. The molecule has 1 N–H and O–H groups in total. The highest BCUT2D eigenvalue weighted by Gasteiger charge is 2.35. The lowest BCUT2D eigenvalue weighted by Crippen LogP contribution is -2.48. The highest BCUT2D eigenvalue weighted by Crippen LogP contribution is 2.41. The van der Waals surface area contributed by atoms with E-state index in [0.29, 0.717) is 4.47 Å². The van der Waals surface area contributed by atoms with E-state index in [2.05, 4.69) is 51.7 Å². The molecule has 1 saturated heterocycles. The average Bonchev–Trinajstić information content (AvgIpc) is 2.35. The van der Waals surface area contributed by atoms with Crippen LogP contribution in [0.25, 0.3) is 0 Å². The van der Waals surface area contributed by atoms with Crippen molar-refractivity contribution in [3.8, 4) is 5.75 Å². The van der Waals surface area contributed by atoms with Gasteiger partial charge in [0.15, 0.2) is 0 Å². The zero-order chi connectivity index (χ0) is 17.3. The fourth-order valence-corrected chi connectivity index (χ4v) is 3.62. The van der Waals surface area contributed by atoms with E-state index in [-0.39, 0.29) is 17.2 Å². The number of nitrogens with zero attached hydrogens (tertiary/aromatic N) is 1. The summed E-state index contributed by atoms with van der Waals surface area (Å²) < 4.78 is 42.3. The van der Waals surface area contributed by atoms with Crippen molar-refractivity contribution in [2.45, 2.75) is 33.2 Å². The number of rotatable bonds is 3. The molecule has 0 radical (unpaired) electrons. The summed E-state index contributed by atoms with van der Waals surface area (Å²) in [5.41, 5.74) is 0.709. The maximum Gasteiger partial charge on any atom is 0.573 e. The van der Waals surface area contributed by atoms with Crippen molar-refractivity contribution in [1.82, 2.24) is 10.2 Å². The maximum absolute atomic E-state index is 12.5. The van der Waals surface area contributed by atoms with Gasteiger partial charge in [-0.1, -0.05) is 36.7 Å². The van der Waals surface area contributed by atoms with Gasteiger partial charge in [-0.15, -0.1) is 13.2 Å². The molecule has 23 heavy (non-hydrogen) atoms. The minimum absolute atomic E-state index is 0.0117. The summed E-state index contributed by atoms with van der Waals surface area (Å²) in [6.07, 6.45) is -4.69. The molecule has 0 bridgehead atoms. The van der Waals surface area contributed by atoms with Crippen molar-refractivity contribution in [2.75, 3.05) is 26.2 Å². The fraction of sp³-hybridized carbons (Fsp3) is 0.625. The molecule has 3 nitrogen and oxygen atoms in total. The molecule has 2 rings (SSSR count). The zero-order valence-corrected chi connectivity index (χ0v) is 15.1. The average molecular weight is 395 g/mol.